The molecule has 0 radical (unpaired) electrons. The van der Waals surface area contributed by atoms with Crippen LogP contribution in [0.3, 0.4) is 0 Å². The van der Waals surface area contributed by atoms with Gasteiger partial charge in [-0.05, 0) is 43.0 Å². The number of thiocarbonyl (C=S) groups is 1. The first-order chi connectivity index (χ1) is 9.38. The molecule has 0 aliphatic carbocycles. The van der Waals surface area contributed by atoms with E-state index in [0.29, 0.717) is 12.1 Å². The van der Waals surface area contributed by atoms with Crippen molar-refractivity contribution in [3.63, 3.8) is 0 Å². The molecule has 0 fully saturated rings. The quantitative estimate of drug-likeness (QED) is 0.555. The number of nitrogens with two attached hydrogens (primary N) is 1. The zero-order chi connectivity index (χ0) is 15.2. The SMILES string of the molecule is CSCCCCNS(=O)(=O)c1ccc(C(N)=S)c(Cl)c1. The summed E-state index contributed by atoms with van der Waals surface area (Å²) in [4.78, 5) is 0.260. The van der Waals surface area contributed by atoms with Crippen LogP contribution in [0.1, 0.15) is 18.4 Å². The molecule has 0 aliphatic rings. The minimum Gasteiger partial charge on any atom is -0.389 e. The van der Waals surface area contributed by atoms with Gasteiger partial charge in [0.2, 0.25) is 10.0 Å². The number of unbranched alkanes of at least 4 members (excludes halogenated alkanes) is 1. The van der Waals surface area contributed by atoms with Crippen LogP contribution in [0, 0.1) is 0 Å². The molecular formula is C12H17ClN2O2S3. The normalized spacial score (nSPS) is 11.5. The van der Waals surface area contributed by atoms with Gasteiger partial charge in [-0.3, -0.25) is 0 Å². The first kappa shape index (κ1) is 17.7. The second-order valence-electron chi connectivity index (χ2n) is 4.10. The summed E-state index contributed by atoms with van der Waals surface area (Å²) < 4.78 is 26.7. The van der Waals surface area contributed by atoms with Crippen LogP contribution in [0.15, 0.2) is 23.1 Å². The molecule has 0 amide bonds. The van der Waals surface area contributed by atoms with Crippen LogP contribution in [-0.4, -0.2) is 32.0 Å². The molecule has 0 heterocycles. The molecule has 0 saturated carbocycles. The van der Waals surface area contributed by atoms with Gasteiger partial charge in [0.05, 0.1) is 9.92 Å². The molecule has 0 atom stereocenters. The fourth-order valence-corrected chi connectivity index (χ4v) is 3.70. The second kappa shape index (κ2) is 8.19. The van der Waals surface area contributed by atoms with E-state index in [4.69, 9.17) is 29.6 Å². The van der Waals surface area contributed by atoms with E-state index in [1.54, 1.807) is 11.8 Å². The zero-order valence-corrected chi connectivity index (χ0v) is 14.3. The molecule has 0 aromatic heterocycles. The topological polar surface area (TPSA) is 72.2 Å². The lowest BCUT2D eigenvalue weighted by Crippen LogP contribution is -2.25. The zero-order valence-electron chi connectivity index (χ0n) is 11.1. The van der Waals surface area contributed by atoms with E-state index in [2.05, 4.69) is 4.72 Å². The third-order valence-electron chi connectivity index (χ3n) is 2.58. The molecule has 1 aromatic carbocycles. The smallest absolute Gasteiger partial charge is 0.240 e. The second-order valence-corrected chi connectivity index (χ2v) is 7.70. The Morgan fingerprint density at radius 2 is 2.15 bits per heavy atom. The van der Waals surface area contributed by atoms with Gasteiger partial charge < -0.3 is 5.73 Å². The molecule has 4 nitrogen and oxygen atoms in total. The molecule has 0 spiro atoms. The van der Waals surface area contributed by atoms with Crippen LogP contribution in [0.4, 0.5) is 0 Å². The van der Waals surface area contributed by atoms with Gasteiger partial charge in [-0.2, -0.15) is 11.8 Å². The minimum atomic E-state index is -3.54. The van der Waals surface area contributed by atoms with Gasteiger partial charge >= 0.3 is 0 Å². The maximum atomic E-state index is 12.1. The number of benzene rings is 1. The molecule has 8 heteroatoms. The van der Waals surface area contributed by atoms with Crippen molar-refractivity contribution in [3.8, 4) is 0 Å². The van der Waals surface area contributed by atoms with Gasteiger partial charge in [-0.15, -0.1) is 0 Å². The van der Waals surface area contributed by atoms with Gasteiger partial charge in [0.15, 0.2) is 0 Å². The van der Waals surface area contributed by atoms with Crippen molar-refractivity contribution in [1.29, 1.82) is 0 Å². The van der Waals surface area contributed by atoms with Gasteiger partial charge in [-0.1, -0.05) is 23.8 Å². The van der Waals surface area contributed by atoms with E-state index in [-0.39, 0.29) is 14.9 Å². The monoisotopic (exact) mass is 352 g/mol. The fraction of sp³-hybridized carbons (Fsp3) is 0.417. The Kier molecular flexibility index (Phi) is 7.25. The van der Waals surface area contributed by atoms with E-state index in [1.165, 1.54) is 18.2 Å². The summed E-state index contributed by atoms with van der Waals surface area (Å²) in [5, 5.41) is 0.239. The van der Waals surface area contributed by atoms with Gasteiger partial charge in [0.1, 0.15) is 4.99 Å². The van der Waals surface area contributed by atoms with Crippen molar-refractivity contribution in [2.24, 2.45) is 5.73 Å². The van der Waals surface area contributed by atoms with Crippen molar-refractivity contribution in [3.05, 3.63) is 28.8 Å². The highest BCUT2D eigenvalue weighted by molar-refractivity contribution is 7.98. The van der Waals surface area contributed by atoms with Gasteiger partial charge in [-0.25, -0.2) is 13.1 Å². The predicted molar refractivity (Wildman–Crippen MR) is 90.1 cm³/mol. The Labute approximate surface area is 134 Å². The number of rotatable bonds is 8. The van der Waals surface area contributed by atoms with Crippen LogP contribution in [0.2, 0.25) is 5.02 Å². The summed E-state index contributed by atoms with van der Waals surface area (Å²) in [6, 6.07) is 4.33. The predicted octanol–water partition coefficient (Wildman–Crippen LogP) is 2.40. The molecule has 0 bridgehead atoms. The standard InChI is InChI=1S/C12H17ClN2O2S3/c1-19-7-3-2-6-15-20(16,17)9-4-5-10(12(14)18)11(13)8-9/h4-5,8,15H,2-3,6-7H2,1H3,(H2,14,18). The molecule has 0 unspecified atom stereocenters. The Morgan fingerprint density at radius 3 is 2.70 bits per heavy atom. The van der Waals surface area contributed by atoms with Crippen molar-refractivity contribution in [2.45, 2.75) is 17.7 Å². The average molecular weight is 353 g/mol. The van der Waals surface area contributed by atoms with Crippen LogP contribution < -0.4 is 10.5 Å². The van der Waals surface area contributed by atoms with Crippen LogP contribution >= 0.6 is 35.6 Å². The van der Waals surface area contributed by atoms with Crippen LogP contribution in [0.5, 0.6) is 0 Å². The third kappa shape index (κ3) is 5.21. The van der Waals surface area contributed by atoms with Gasteiger partial charge in [0, 0.05) is 12.1 Å². The Morgan fingerprint density at radius 1 is 1.45 bits per heavy atom. The summed E-state index contributed by atoms with van der Waals surface area (Å²) in [6.45, 7) is 0.414. The van der Waals surface area contributed by atoms with E-state index in [9.17, 15) is 8.42 Å². The number of thioether (sulfide) groups is 1. The highest BCUT2D eigenvalue weighted by Gasteiger charge is 2.15. The van der Waals surface area contributed by atoms with E-state index in [0.717, 1.165) is 18.6 Å². The Balaban J connectivity index is 2.73. The molecular weight excluding hydrogens is 336 g/mol. The van der Waals surface area contributed by atoms with Crippen molar-refractivity contribution >= 4 is 50.6 Å². The van der Waals surface area contributed by atoms with Crippen molar-refractivity contribution in [2.75, 3.05) is 18.6 Å². The first-order valence-electron chi connectivity index (χ1n) is 5.96. The number of nitrogens with one attached hydrogen (secondary N) is 1. The minimum absolute atomic E-state index is 0.118. The van der Waals surface area contributed by atoms with E-state index in [1.807, 2.05) is 6.26 Å². The highest BCUT2D eigenvalue weighted by Crippen LogP contribution is 2.20. The average Bonchev–Trinajstić information content (AvgIpc) is 2.37. The molecule has 0 aliphatic heterocycles. The molecule has 1 aromatic rings. The summed E-state index contributed by atoms with van der Waals surface area (Å²) in [5.41, 5.74) is 5.95. The summed E-state index contributed by atoms with van der Waals surface area (Å²) in [5.74, 6) is 1.02. The maximum absolute atomic E-state index is 12.1. The molecule has 20 heavy (non-hydrogen) atoms. The Bertz CT molecular complexity index is 576. The number of hydrogen-bond acceptors (Lipinski definition) is 4. The third-order valence-corrected chi connectivity index (χ3v) is 5.27. The van der Waals surface area contributed by atoms with Crippen LogP contribution in [0.25, 0.3) is 0 Å². The number of hydrogen-bond donors (Lipinski definition) is 2. The first-order valence-corrected chi connectivity index (χ1v) is 9.63. The fourth-order valence-electron chi connectivity index (χ4n) is 1.52. The lowest BCUT2D eigenvalue weighted by Gasteiger charge is -2.08. The van der Waals surface area contributed by atoms with E-state index >= 15 is 0 Å². The molecule has 112 valence electrons. The molecule has 1 rings (SSSR count). The van der Waals surface area contributed by atoms with Gasteiger partial charge in [0.25, 0.3) is 0 Å². The van der Waals surface area contributed by atoms with Crippen molar-refractivity contribution in [1.82, 2.24) is 4.72 Å². The lowest BCUT2D eigenvalue weighted by molar-refractivity contribution is 0.578. The maximum Gasteiger partial charge on any atom is 0.240 e. The van der Waals surface area contributed by atoms with E-state index < -0.39 is 10.0 Å². The number of halogens is 1. The Hall–Kier alpha value is -0.340. The lowest BCUT2D eigenvalue weighted by atomic mass is 10.2. The summed E-state index contributed by atoms with van der Waals surface area (Å²) in [7, 11) is -3.54. The number of sulfonamides is 1. The summed E-state index contributed by atoms with van der Waals surface area (Å²) in [6.07, 6.45) is 3.80. The molecule has 0 saturated heterocycles. The van der Waals surface area contributed by atoms with Crippen LogP contribution in [-0.2, 0) is 10.0 Å². The highest BCUT2D eigenvalue weighted by atomic mass is 35.5. The molecule has 3 N–H and O–H groups in total. The van der Waals surface area contributed by atoms with Crippen molar-refractivity contribution < 1.29 is 8.42 Å². The largest absolute Gasteiger partial charge is 0.389 e. The summed E-state index contributed by atoms with van der Waals surface area (Å²) >= 11 is 12.5.